The number of halogens is 3. The van der Waals surface area contributed by atoms with Gasteiger partial charge in [-0.3, -0.25) is 19.6 Å². The van der Waals surface area contributed by atoms with Crippen molar-refractivity contribution < 1.29 is 80.5 Å². The molecule has 2 spiro atoms. The molecule has 4 aromatic carbocycles. The second-order valence-electron chi connectivity index (χ2n) is 17.9. The van der Waals surface area contributed by atoms with E-state index in [0.717, 1.165) is 31.5 Å². The van der Waals surface area contributed by atoms with Crippen molar-refractivity contribution in [2.45, 2.75) is 84.0 Å². The molecule has 8 rings (SSSR count). The van der Waals surface area contributed by atoms with Gasteiger partial charge in [-0.2, -0.15) is 0 Å². The molecule has 18 nitrogen and oxygen atoms in total. The summed E-state index contributed by atoms with van der Waals surface area (Å²) >= 11 is 0. The Bertz CT molecular complexity index is 2530. The first-order valence-corrected chi connectivity index (χ1v) is 24.2. The molecule has 394 valence electrons. The van der Waals surface area contributed by atoms with E-state index in [4.69, 9.17) is 43.4 Å². The number of carbonyl (C=O) groups excluding carboxylic acids is 2. The summed E-state index contributed by atoms with van der Waals surface area (Å²) in [5, 5.41) is 18.2. The van der Waals surface area contributed by atoms with E-state index in [1.165, 1.54) is 41.3 Å². The van der Waals surface area contributed by atoms with Gasteiger partial charge < -0.3 is 48.1 Å². The Morgan fingerprint density at radius 1 is 0.575 bits per heavy atom. The predicted octanol–water partition coefficient (Wildman–Crippen LogP) is 9.25. The van der Waals surface area contributed by atoms with Crippen LogP contribution in [0.15, 0.2) is 72.8 Å². The number of piperidine rings is 2. The second-order valence-corrected chi connectivity index (χ2v) is 17.9. The lowest BCUT2D eigenvalue weighted by Crippen LogP contribution is -2.46. The maximum absolute atomic E-state index is 13.0. The Hall–Kier alpha value is -7.13. The first kappa shape index (κ1) is 53.7. The van der Waals surface area contributed by atoms with Crippen molar-refractivity contribution in [2.24, 2.45) is 0 Å². The Morgan fingerprint density at radius 3 is 1.19 bits per heavy atom. The summed E-state index contributed by atoms with van der Waals surface area (Å²) in [6.07, 6.45) is -3.21. The number of alkyl halides is 3. The Labute approximate surface area is 420 Å². The molecule has 4 heterocycles. The Balaban J connectivity index is 0.000000214. The molecule has 4 aliphatic heterocycles. The highest BCUT2D eigenvalue weighted by molar-refractivity contribution is 5.93. The topological polar surface area (TPSA) is 196 Å². The minimum Gasteiger partial charge on any atom is -0.490 e. The molecule has 4 aromatic rings. The SMILES string of the molecule is CCOc1cc(CN2CCC3(CC2)CN(c2ccc(C(=O)O)cc2)C(=O)O3)cc(OCC)c1OC.CCOc1cc(CN2CCC3(CC2)CN(c2ccc(C(=O)O)cc2)C(=O)O3)cc(OCC)c1OC(F)(F)F. The Kier molecular flexibility index (Phi) is 17.0. The summed E-state index contributed by atoms with van der Waals surface area (Å²) in [5.74, 6) is -0.711. The van der Waals surface area contributed by atoms with Gasteiger partial charge in [-0.05, 0) is 112 Å². The average molecular weight is 1020 g/mol. The standard InChI is InChI=1S/C26H29F3N2O7.C26H32N2O7/c1-3-35-20-13-17(14-21(36-4-2)22(20)37-26(27,28)29)15-30-11-9-25(10-12-30)16-31(24(34)38-25)19-7-5-18(6-8-19)23(32)33;1-4-33-21-14-18(15-22(34-5-2)23(21)32-3)16-27-12-10-26(11-13-27)17-28(25(31)35-26)20-8-6-19(7-9-20)24(29)30/h5-8,13-14H,3-4,9-12,15-16H2,1-2H3,(H,32,33);6-9,14-15H,4-5,10-13,16-17H2,1-3H3,(H,29,30). The number of ether oxygens (including phenoxy) is 8. The van der Waals surface area contributed by atoms with Crippen LogP contribution in [0.5, 0.6) is 34.5 Å². The molecule has 0 aliphatic carbocycles. The van der Waals surface area contributed by atoms with Gasteiger partial charge in [0.2, 0.25) is 11.5 Å². The highest BCUT2D eigenvalue weighted by atomic mass is 19.4. The van der Waals surface area contributed by atoms with Crippen LogP contribution in [-0.4, -0.2) is 135 Å². The summed E-state index contributed by atoms with van der Waals surface area (Å²) in [4.78, 5) is 55.0. The average Bonchev–Trinajstić information content (AvgIpc) is 3.86. The molecule has 73 heavy (non-hydrogen) atoms. The predicted molar refractivity (Wildman–Crippen MR) is 260 cm³/mol. The van der Waals surface area contributed by atoms with Crippen molar-refractivity contribution in [1.82, 2.24) is 9.80 Å². The van der Waals surface area contributed by atoms with E-state index in [1.54, 1.807) is 50.1 Å². The van der Waals surface area contributed by atoms with Crippen LogP contribution in [0.25, 0.3) is 0 Å². The van der Waals surface area contributed by atoms with Crippen LogP contribution in [-0.2, 0) is 22.6 Å². The molecule has 21 heteroatoms. The lowest BCUT2D eigenvalue weighted by Gasteiger charge is -2.37. The summed E-state index contributed by atoms with van der Waals surface area (Å²) in [5.41, 5.74) is 2.08. The summed E-state index contributed by atoms with van der Waals surface area (Å²) in [6.45, 7) is 13.2. The van der Waals surface area contributed by atoms with Crippen LogP contribution in [0.3, 0.4) is 0 Å². The van der Waals surface area contributed by atoms with Crippen LogP contribution in [0.1, 0.15) is 85.2 Å². The number of amides is 2. The van der Waals surface area contributed by atoms with Crippen LogP contribution in [0, 0.1) is 0 Å². The molecular formula is C52H61F3N4O14. The zero-order valence-electron chi connectivity index (χ0n) is 41.5. The van der Waals surface area contributed by atoms with E-state index >= 15 is 0 Å². The maximum Gasteiger partial charge on any atom is 0.573 e. The van der Waals surface area contributed by atoms with E-state index in [-0.39, 0.29) is 41.9 Å². The van der Waals surface area contributed by atoms with Gasteiger partial charge in [0.25, 0.3) is 0 Å². The smallest absolute Gasteiger partial charge is 0.490 e. The lowest BCUT2D eigenvalue weighted by atomic mass is 9.91. The maximum atomic E-state index is 13.0. The minimum absolute atomic E-state index is 0.0477. The fourth-order valence-corrected chi connectivity index (χ4v) is 9.40. The normalized spacial score (nSPS) is 17.4. The zero-order chi connectivity index (χ0) is 52.5. The third-order valence-corrected chi connectivity index (χ3v) is 12.9. The molecule has 0 saturated carbocycles. The summed E-state index contributed by atoms with van der Waals surface area (Å²) < 4.78 is 82.8. The van der Waals surface area contributed by atoms with E-state index in [0.29, 0.717) is 99.5 Å². The first-order chi connectivity index (χ1) is 34.9. The van der Waals surface area contributed by atoms with Crippen LogP contribution < -0.4 is 38.2 Å². The highest BCUT2D eigenvalue weighted by Crippen LogP contribution is 2.44. The van der Waals surface area contributed by atoms with Gasteiger partial charge in [0, 0.05) is 76.3 Å². The third-order valence-electron chi connectivity index (χ3n) is 12.9. The van der Waals surface area contributed by atoms with E-state index in [1.807, 2.05) is 26.0 Å². The molecule has 0 aromatic heterocycles. The van der Waals surface area contributed by atoms with Crippen LogP contribution >= 0.6 is 0 Å². The summed E-state index contributed by atoms with van der Waals surface area (Å²) in [7, 11) is 1.61. The fourth-order valence-electron chi connectivity index (χ4n) is 9.40. The number of rotatable bonds is 18. The number of benzene rings is 4. The molecule has 0 radical (unpaired) electrons. The zero-order valence-corrected chi connectivity index (χ0v) is 41.5. The van der Waals surface area contributed by atoms with Gasteiger partial charge in [0.15, 0.2) is 23.0 Å². The van der Waals surface area contributed by atoms with E-state index in [9.17, 15) is 32.3 Å². The number of carboxylic acids is 2. The number of methoxy groups -OCH3 is 1. The number of aromatic carboxylic acids is 2. The van der Waals surface area contributed by atoms with Crippen molar-refractivity contribution in [1.29, 1.82) is 0 Å². The minimum atomic E-state index is -4.90. The van der Waals surface area contributed by atoms with Crippen molar-refractivity contribution in [3.05, 3.63) is 95.1 Å². The second kappa shape index (κ2) is 23.2. The fraction of sp³-hybridized carbons (Fsp3) is 0.462. The van der Waals surface area contributed by atoms with Crippen molar-refractivity contribution in [3.8, 4) is 34.5 Å². The molecule has 4 aliphatic rings. The van der Waals surface area contributed by atoms with Crippen molar-refractivity contribution in [3.63, 3.8) is 0 Å². The van der Waals surface area contributed by atoms with Gasteiger partial charge in [-0.25, -0.2) is 19.2 Å². The van der Waals surface area contributed by atoms with Crippen molar-refractivity contribution >= 4 is 35.5 Å². The molecule has 4 fully saturated rings. The highest BCUT2D eigenvalue weighted by Gasteiger charge is 2.49. The van der Waals surface area contributed by atoms with Gasteiger partial charge in [0.05, 0.1) is 57.8 Å². The number of anilines is 2. The lowest BCUT2D eigenvalue weighted by molar-refractivity contribution is -0.275. The Morgan fingerprint density at radius 2 is 0.904 bits per heavy atom. The van der Waals surface area contributed by atoms with E-state index < -0.39 is 41.3 Å². The molecule has 0 atom stereocenters. The molecule has 0 bridgehead atoms. The molecule has 4 saturated heterocycles. The number of carbonyl (C=O) groups is 4. The van der Waals surface area contributed by atoms with Gasteiger partial charge in [-0.15, -0.1) is 13.2 Å². The number of nitrogens with zero attached hydrogens (tertiary/aromatic N) is 4. The summed E-state index contributed by atoms with van der Waals surface area (Å²) in [6, 6.07) is 19.4. The molecule has 0 unspecified atom stereocenters. The van der Waals surface area contributed by atoms with Crippen molar-refractivity contribution in [2.75, 3.05) is 82.6 Å². The number of hydrogen-bond acceptors (Lipinski definition) is 14. The monoisotopic (exact) mass is 1020 g/mol. The number of hydrogen-bond donors (Lipinski definition) is 2. The molecular weight excluding hydrogens is 962 g/mol. The molecule has 2 amide bonds. The molecule has 2 N–H and O–H groups in total. The van der Waals surface area contributed by atoms with Gasteiger partial charge >= 0.3 is 30.5 Å². The van der Waals surface area contributed by atoms with Gasteiger partial charge in [-0.1, -0.05) is 0 Å². The quantitative estimate of drug-likeness (QED) is 0.0956. The van der Waals surface area contributed by atoms with Crippen LogP contribution in [0.2, 0.25) is 0 Å². The van der Waals surface area contributed by atoms with E-state index in [2.05, 4.69) is 14.5 Å². The first-order valence-electron chi connectivity index (χ1n) is 24.2. The van der Waals surface area contributed by atoms with Gasteiger partial charge in [0.1, 0.15) is 11.2 Å². The third kappa shape index (κ3) is 13.1. The largest absolute Gasteiger partial charge is 0.573 e. The van der Waals surface area contributed by atoms with Crippen LogP contribution in [0.4, 0.5) is 34.1 Å². The number of likely N-dealkylation sites (tertiary alicyclic amines) is 2. The number of carboxylic acid groups (broad SMARTS) is 2.